The van der Waals surface area contributed by atoms with Crippen LogP contribution < -0.4 is 5.32 Å². The van der Waals surface area contributed by atoms with Crippen LogP contribution in [0.5, 0.6) is 0 Å². The maximum atomic E-state index is 11.7. The van der Waals surface area contributed by atoms with Crippen LogP contribution in [0.3, 0.4) is 0 Å². The van der Waals surface area contributed by atoms with Crippen molar-refractivity contribution in [2.45, 2.75) is 24.8 Å². The van der Waals surface area contributed by atoms with Crippen molar-refractivity contribution < 1.29 is 4.79 Å². The third-order valence-electron chi connectivity index (χ3n) is 4.91. The van der Waals surface area contributed by atoms with E-state index in [2.05, 4.69) is 53.4 Å². The molecule has 1 aliphatic carbocycles. The Labute approximate surface area is 140 Å². The SMILES string of the molecule is C=CC(=O)NC1(c2ccc(-c3ccc4nccn4c3)cc2)CCC1. The van der Waals surface area contributed by atoms with Crippen molar-refractivity contribution in [3.8, 4) is 11.1 Å². The lowest BCUT2D eigenvalue weighted by atomic mass is 9.71. The summed E-state index contributed by atoms with van der Waals surface area (Å²) in [6.07, 6.45) is 10.3. The Bertz CT molecular complexity index is 904. The Balaban J connectivity index is 1.64. The Hall–Kier alpha value is -2.88. The summed E-state index contributed by atoms with van der Waals surface area (Å²) in [4.78, 5) is 16.0. The number of pyridine rings is 1. The lowest BCUT2D eigenvalue weighted by Crippen LogP contribution is -2.50. The van der Waals surface area contributed by atoms with Gasteiger partial charge in [0, 0.05) is 18.6 Å². The summed E-state index contributed by atoms with van der Waals surface area (Å²) in [6.45, 7) is 3.55. The lowest BCUT2D eigenvalue weighted by Gasteiger charge is -2.43. The first kappa shape index (κ1) is 14.7. The average molecular weight is 317 g/mol. The van der Waals surface area contributed by atoms with Gasteiger partial charge in [0.25, 0.3) is 0 Å². The Morgan fingerprint density at radius 2 is 1.92 bits per heavy atom. The van der Waals surface area contributed by atoms with Crippen LogP contribution in [-0.4, -0.2) is 15.3 Å². The van der Waals surface area contributed by atoms with Crippen molar-refractivity contribution in [1.29, 1.82) is 0 Å². The number of rotatable bonds is 4. The second-order valence-corrected chi connectivity index (χ2v) is 6.32. The van der Waals surface area contributed by atoms with Crippen molar-refractivity contribution >= 4 is 11.6 Å². The third kappa shape index (κ3) is 2.40. The van der Waals surface area contributed by atoms with Gasteiger partial charge in [0.2, 0.25) is 5.91 Å². The summed E-state index contributed by atoms with van der Waals surface area (Å²) in [5.41, 5.74) is 4.18. The number of nitrogens with one attached hydrogen (secondary N) is 1. The minimum atomic E-state index is -0.224. The second kappa shape index (κ2) is 5.64. The number of nitrogens with zero attached hydrogens (tertiary/aromatic N) is 2. The summed E-state index contributed by atoms with van der Waals surface area (Å²) in [5.74, 6) is -0.107. The minimum absolute atomic E-state index is 0.107. The number of carbonyl (C=O) groups excluding carboxylic acids is 1. The first-order valence-electron chi connectivity index (χ1n) is 8.18. The average Bonchev–Trinajstić information content (AvgIpc) is 3.05. The molecule has 1 aromatic carbocycles. The molecule has 2 aromatic heterocycles. The molecule has 0 radical (unpaired) electrons. The van der Waals surface area contributed by atoms with Gasteiger partial charge >= 0.3 is 0 Å². The van der Waals surface area contributed by atoms with Gasteiger partial charge in [-0.2, -0.15) is 0 Å². The van der Waals surface area contributed by atoms with Crippen LogP contribution >= 0.6 is 0 Å². The van der Waals surface area contributed by atoms with Gasteiger partial charge in [-0.3, -0.25) is 4.79 Å². The van der Waals surface area contributed by atoms with Gasteiger partial charge < -0.3 is 9.72 Å². The minimum Gasteiger partial charge on any atom is -0.343 e. The van der Waals surface area contributed by atoms with Crippen LogP contribution in [0, 0.1) is 0 Å². The van der Waals surface area contributed by atoms with Crippen LogP contribution in [0.15, 0.2) is 67.6 Å². The number of benzene rings is 1. The number of fused-ring (bicyclic) bond motifs is 1. The molecule has 1 amide bonds. The molecular formula is C20H19N3O. The highest BCUT2D eigenvalue weighted by Gasteiger charge is 2.39. The first-order valence-corrected chi connectivity index (χ1v) is 8.18. The van der Waals surface area contributed by atoms with Crippen LogP contribution in [-0.2, 0) is 10.3 Å². The van der Waals surface area contributed by atoms with E-state index in [4.69, 9.17) is 0 Å². The van der Waals surface area contributed by atoms with E-state index in [1.54, 1.807) is 6.20 Å². The molecule has 0 aliphatic heterocycles. The van der Waals surface area contributed by atoms with E-state index in [-0.39, 0.29) is 11.4 Å². The van der Waals surface area contributed by atoms with Crippen LogP contribution in [0.1, 0.15) is 24.8 Å². The van der Waals surface area contributed by atoms with Crippen molar-refractivity contribution in [3.05, 3.63) is 73.2 Å². The Morgan fingerprint density at radius 1 is 1.17 bits per heavy atom. The molecule has 4 heteroatoms. The van der Waals surface area contributed by atoms with Crippen molar-refractivity contribution in [3.63, 3.8) is 0 Å². The molecule has 2 heterocycles. The normalized spacial score (nSPS) is 15.7. The maximum absolute atomic E-state index is 11.7. The molecule has 1 fully saturated rings. The van der Waals surface area contributed by atoms with E-state index in [0.717, 1.165) is 41.6 Å². The summed E-state index contributed by atoms with van der Waals surface area (Å²) < 4.78 is 2.01. The predicted octanol–water partition coefficient (Wildman–Crippen LogP) is 3.68. The van der Waals surface area contributed by atoms with Gasteiger partial charge in [-0.05, 0) is 54.2 Å². The van der Waals surface area contributed by atoms with E-state index >= 15 is 0 Å². The quantitative estimate of drug-likeness (QED) is 0.746. The first-order chi connectivity index (χ1) is 11.7. The van der Waals surface area contributed by atoms with Gasteiger partial charge in [-0.25, -0.2) is 4.98 Å². The summed E-state index contributed by atoms with van der Waals surface area (Å²) >= 11 is 0. The smallest absolute Gasteiger partial charge is 0.244 e. The number of amides is 1. The summed E-state index contributed by atoms with van der Waals surface area (Å²) in [5, 5.41) is 3.11. The molecule has 4 nitrogen and oxygen atoms in total. The zero-order valence-electron chi connectivity index (χ0n) is 13.4. The molecule has 1 N–H and O–H groups in total. The molecule has 0 spiro atoms. The molecule has 3 aromatic rings. The van der Waals surface area contributed by atoms with E-state index in [9.17, 15) is 4.79 Å². The molecule has 24 heavy (non-hydrogen) atoms. The highest BCUT2D eigenvalue weighted by molar-refractivity contribution is 5.87. The number of hydrogen-bond acceptors (Lipinski definition) is 2. The fraction of sp³-hybridized carbons (Fsp3) is 0.200. The van der Waals surface area contributed by atoms with Gasteiger partial charge in [-0.1, -0.05) is 30.8 Å². The van der Waals surface area contributed by atoms with E-state index in [1.165, 1.54) is 6.08 Å². The number of imidazole rings is 1. The molecule has 1 saturated carbocycles. The molecule has 120 valence electrons. The van der Waals surface area contributed by atoms with Crippen molar-refractivity contribution in [1.82, 2.24) is 14.7 Å². The predicted molar refractivity (Wildman–Crippen MR) is 94.5 cm³/mol. The number of aromatic nitrogens is 2. The van der Waals surface area contributed by atoms with Crippen LogP contribution in [0.2, 0.25) is 0 Å². The zero-order valence-corrected chi connectivity index (χ0v) is 13.4. The topological polar surface area (TPSA) is 46.4 Å². The van der Waals surface area contributed by atoms with Gasteiger partial charge in [0.1, 0.15) is 5.65 Å². The fourth-order valence-corrected chi connectivity index (χ4v) is 3.38. The summed E-state index contributed by atoms with van der Waals surface area (Å²) in [6, 6.07) is 12.6. The highest BCUT2D eigenvalue weighted by atomic mass is 16.1. The van der Waals surface area contributed by atoms with Gasteiger partial charge in [0.15, 0.2) is 0 Å². The van der Waals surface area contributed by atoms with Crippen molar-refractivity contribution in [2.24, 2.45) is 0 Å². The van der Waals surface area contributed by atoms with Gasteiger partial charge in [-0.15, -0.1) is 0 Å². The largest absolute Gasteiger partial charge is 0.343 e. The fourth-order valence-electron chi connectivity index (χ4n) is 3.38. The zero-order chi connectivity index (χ0) is 16.6. The monoisotopic (exact) mass is 317 g/mol. The molecule has 0 unspecified atom stereocenters. The van der Waals surface area contributed by atoms with E-state index in [1.807, 2.05) is 16.7 Å². The standard InChI is InChI=1S/C20H19N3O/c1-2-19(24)22-20(10-3-11-20)17-7-4-15(5-8-17)16-6-9-18-21-12-13-23(18)14-16/h2,4-9,12-14H,1,3,10-11H2,(H,22,24). The van der Waals surface area contributed by atoms with Crippen LogP contribution in [0.25, 0.3) is 16.8 Å². The lowest BCUT2D eigenvalue weighted by molar-refractivity contribution is -0.119. The molecule has 1 aliphatic rings. The second-order valence-electron chi connectivity index (χ2n) is 6.32. The van der Waals surface area contributed by atoms with Gasteiger partial charge in [0.05, 0.1) is 5.54 Å². The molecule has 4 rings (SSSR count). The number of carbonyl (C=O) groups is 1. The van der Waals surface area contributed by atoms with Crippen molar-refractivity contribution in [2.75, 3.05) is 0 Å². The molecule has 0 saturated heterocycles. The molecular weight excluding hydrogens is 298 g/mol. The molecule has 0 atom stereocenters. The van der Waals surface area contributed by atoms with E-state index < -0.39 is 0 Å². The third-order valence-corrected chi connectivity index (χ3v) is 4.91. The Kier molecular flexibility index (Phi) is 3.45. The van der Waals surface area contributed by atoms with Crippen LogP contribution in [0.4, 0.5) is 0 Å². The highest BCUT2D eigenvalue weighted by Crippen LogP contribution is 2.41. The molecule has 0 bridgehead atoms. The number of hydrogen-bond donors (Lipinski definition) is 1. The van der Waals surface area contributed by atoms with E-state index in [0.29, 0.717) is 0 Å². The summed E-state index contributed by atoms with van der Waals surface area (Å²) in [7, 11) is 0. The Morgan fingerprint density at radius 3 is 2.58 bits per heavy atom. The maximum Gasteiger partial charge on any atom is 0.244 e.